The van der Waals surface area contributed by atoms with Gasteiger partial charge in [0.1, 0.15) is 5.82 Å². The van der Waals surface area contributed by atoms with Crippen LogP contribution in [0.4, 0.5) is 11.5 Å². The molecule has 1 atom stereocenters. The summed E-state index contributed by atoms with van der Waals surface area (Å²) in [5.41, 5.74) is 3.76. The second-order valence-electron chi connectivity index (χ2n) is 7.92. The average Bonchev–Trinajstić information content (AvgIpc) is 3.26. The van der Waals surface area contributed by atoms with Crippen LogP contribution in [0.3, 0.4) is 0 Å². The molecule has 0 amide bonds. The van der Waals surface area contributed by atoms with E-state index < -0.39 is 0 Å². The van der Waals surface area contributed by atoms with E-state index in [9.17, 15) is 0 Å². The Balaban J connectivity index is 0.00000272. The molecule has 2 aliphatic heterocycles. The number of aromatic nitrogens is 1. The molecule has 7 nitrogen and oxygen atoms in total. The van der Waals surface area contributed by atoms with Gasteiger partial charge in [-0.2, -0.15) is 0 Å². The van der Waals surface area contributed by atoms with Crippen molar-refractivity contribution in [3.05, 3.63) is 53.7 Å². The van der Waals surface area contributed by atoms with Crippen molar-refractivity contribution in [1.82, 2.24) is 15.6 Å². The van der Waals surface area contributed by atoms with Crippen molar-refractivity contribution in [2.45, 2.75) is 25.9 Å². The fraction of sp³-hybridized carbons (Fsp3) is 0.478. The van der Waals surface area contributed by atoms with Gasteiger partial charge in [-0.25, -0.2) is 4.98 Å². The predicted molar refractivity (Wildman–Crippen MR) is 138 cm³/mol. The van der Waals surface area contributed by atoms with E-state index in [1.807, 2.05) is 19.3 Å². The van der Waals surface area contributed by atoms with Crippen molar-refractivity contribution in [3.8, 4) is 0 Å². The molecule has 0 bridgehead atoms. The van der Waals surface area contributed by atoms with Crippen molar-refractivity contribution in [2.24, 2.45) is 4.99 Å². The summed E-state index contributed by atoms with van der Waals surface area (Å²) in [5.74, 6) is 1.87. The molecule has 2 aromatic rings. The first kappa shape index (κ1) is 23.6. The van der Waals surface area contributed by atoms with Crippen LogP contribution in [0.5, 0.6) is 0 Å². The molecule has 31 heavy (non-hydrogen) atoms. The Morgan fingerprint density at radius 3 is 2.65 bits per heavy atom. The number of guanidine groups is 1. The first-order chi connectivity index (χ1) is 14.7. The van der Waals surface area contributed by atoms with Gasteiger partial charge in [-0.3, -0.25) is 4.99 Å². The lowest BCUT2D eigenvalue weighted by atomic mass is 10.2. The van der Waals surface area contributed by atoms with E-state index in [4.69, 9.17) is 4.74 Å². The van der Waals surface area contributed by atoms with E-state index in [1.165, 1.54) is 16.8 Å². The van der Waals surface area contributed by atoms with E-state index in [0.717, 1.165) is 57.6 Å². The Bertz CT molecular complexity index is 853. The number of nitrogens with zero attached hydrogens (tertiary/aromatic N) is 4. The van der Waals surface area contributed by atoms with Crippen molar-refractivity contribution in [1.29, 1.82) is 0 Å². The number of benzene rings is 1. The Morgan fingerprint density at radius 1 is 1.13 bits per heavy atom. The first-order valence-electron chi connectivity index (χ1n) is 10.8. The molecular formula is C23H33IN6O. The molecule has 8 heteroatoms. The van der Waals surface area contributed by atoms with Gasteiger partial charge in [0.2, 0.25) is 0 Å². The molecule has 1 unspecified atom stereocenters. The number of ether oxygens (including phenoxy) is 1. The highest BCUT2D eigenvalue weighted by Crippen LogP contribution is 2.21. The minimum absolute atomic E-state index is 0. The third-order valence-electron chi connectivity index (χ3n) is 5.78. The van der Waals surface area contributed by atoms with Gasteiger partial charge >= 0.3 is 0 Å². The minimum atomic E-state index is 0. The minimum Gasteiger partial charge on any atom is -0.378 e. The molecule has 1 aromatic carbocycles. The summed E-state index contributed by atoms with van der Waals surface area (Å²) in [4.78, 5) is 13.8. The maximum atomic E-state index is 5.48. The SMILES string of the molecule is CN=C(NCc1cccnc1N1CCOCC1)NC1CCN(c2ccc(C)cc2)C1.I. The van der Waals surface area contributed by atoms with E-state index in [1.54, 1.807) is 0 Å². The number of rotatable bonds is 5. The number of morpholine rings is 1. The molecule has 3 heterocycles. The quantitative estimate of drug-likeness (QED) is 0.348. The summed E-state index contributed by atoms with van der Waals surface area (Å²) in [6.45, 7) is 8.13. The molecule has 4 rings (SSSR count). The highest BCUT2D eigenvalue weighted by atomic mass is 127. The second kappa shape index (κ2) is 11.5. The van der Waals surface area contributed by atoms with Crippen LogP contribution in [0.15, 0.2) is 47.6 Å². The van der Waals surface area contributed by atoms with Crippen LogP contribution in [-0.4, -0.2) is 63.4 Å². The molecule has 2 N–H and O–H groups in total. The normalized spacial score (nSPS) is 19.2. The smallest absolute Gasteiger partial charge is 0.191 e. The highest BCUT2D eigenvalue weighted by molar-refractivity contribution is 14.0. The summed E-state index contributed by atoms with van der Waals surface area (Å²) in [6, 6.07) is 13.3. The van der Waals surface area contributed by atoms with Gasteiger partial charge in [-0.1, -0.05) is 23.8 Å². The Morgan fingerprint density at radius 2 is 1.90 bits per heavy atom. The van der Waals surface area contributed by atoms with Crippen molar-refractivity contribution in [2.75, 3.05) is 56.2 Å². The van der Waals surface area contributed by atoms with Crippen LogP contribution in [0, 0.1) is 6.92 Å². The van der Waals surface area contributed by atoms with Gasteiger partial charge in [-0.05, 0) is 31.5 Å². The van der Waals surface area contributed by atoms with E-state index >= 15 is 0 Å². The van der Waals surface area contributed by atoms with E-state index in [2.05, 4.69) is 67.7 Å². The van der Waals surface area contributed by atoms with Gasteiger partial charge in [0.25, 0.3) is 0 Å². The Labute approximate surface area is 202 Å². The number of anilines is 2. The monoisotopic (exact) mass is 536 g/mol. The van der Waals surface area contributed by atoms with Crippen LogP contribution in [0.25, 0.3) is 0 Å². The second-order valence-corrected chi connectivity index (χ2v) is 7.92. The lowest BCUT2D eigenvalue weighted by molar-refractivity contribution is 0.122. The molecule has 0 aliphatic carbocycles. The number of hydrogen-bond acceptors (Lipinski definition) is 5. The van der Waals surface area contributed by atoms with Gasteiger partial charge in [0, 0.05) is 63.3 Å². The number of hydrogen-bond donors (Lipinski definition) is 2. The topological polar surface area (TPSA) is 65.0 Å². The van der Waals surface area contributed by atoms with E-state index in [0.29, 0.717) is 12.6 Å². The largest absolute Gasteiger partial charge is 0.378 e. The summed E-state index contributed by atoms with van der Waals surface area (Å²) in [7, 11) is 1.83. The number of aliphatic imine (C=N–C) groups is 1. The third-order valence-corrected chi connectivity index (χ3v) is 5.78. The van der Waals surface area contributed by atoms with Crippen molar-refractivity contribution < 1.29 is 4.74 Å². The maximum Gasteiger partial charge on any atom is 0.191 e. The lowest BCUT2D eigenvalue weighted by Crippen LogP contribution is -2.44. The van der Waals surface area contributed by atoms with Crippen LogP contribution >= 0.6 is 24.0 Å². The van der Waals surface area contributed by atoms with Gasteiger partial charge in [-0.15, -0.1) is 24.0 Å². The Hall–Kier alpha value is -2.07. The molecule has 2 aliphatic rings. The lowest BCUT2D eigenvalue weighted by Gasteiger charge is -2.29. The van der Waals surface area contributed by atoms with Crippen molar-refractivity contribution >= 4 is 41.4 Å². The highest BCUT2D eigenvalue weighted by Gasteiger charge is 2.23. The fourth-order valence-electron chi connectivity index (χ4n) is 4.06. The van der Waals surface area contributed by atoms with Crippen LogP contribution in [0.1, 0.15) is 17.5 Å². The summed E-state index contributed by atoms with van der Waals surface area (Å²) >= 11 is 0. The molecule has 0 radical (unpaired) electrons. The molecule has 1 aromatic heterocycles. The molecule has 0 saturated carbocycles. The van der Waals surface area contributed by atoms with E-state index in [-0.39, 0.29) is 24.0 Å². The summed E-state index contributed by atoms with van der Waals surface area (Å²) < 4.78 is 5.48. The summed E-state index contributed by atoms with van der Waals surface area (Å²) in [6.07, 6.45) is 2.96. The fourth-order valence-corrected chi connectivity index (χ4v) is 4.06. The molecule has 2 saturated heterocycles. The molecule has 2 fully saturated rings. The zero-order valence-corrected chi connectivity index (χ0v) is 20.7. The van der Waals surface area contributed by atoms with Gasteiger partial charge in [0.05, 0.1) is 13.2 Å². The van der Waals surface area contributed by atoms with Gasteiger partial charge < -0.3 is 25.2 Å². The molecule has 168 valence electrons. The Kier molecular flexibility index (Phi) is 8.77. The standard InChI is InChI=1S/C23H32N6O.HI/c1-18-5-7-21(8-6-18)29-11-9-20(17-29)27-23(24-2)26-16-19-4-3-10-25-22(19)28-12-14-30-15-13-28;/h3-8,10,20H,9,11-17H2,1-2H3,(H2,24,26,27);1H. The molecular weight excluding hydrogens is 503 g/mol. The predicted octanol–water partition coefficient (Wildman–Crippen LogP) is 2.79. The first-order valence-corrected chi connectivity index (χ1v) is 10.8. The van der Waals surface area contributed by atoms with Crippen molar-refractivity contribution in [3.63, 3.8) is 0 Å². The maximum absolute atomic E-state index is 5.48. The number of aryl methyl sites for hydroxylation is 1. The zero-order valence-electron chi connectivity index (χ0n) is 18.4. The van der Waals surface area contributed by atoms with Crippen LogP contribution in [-0.2, 0) is 11.3 Å². The van der Waals surface area contributed by atoms with Gasteiger partial charge in [0.15, 0.2) is 5.96 Å². The third kappa shape index (κ3) is 6.22. The average molecular weight is 536 g/mol. The molecule has 0 spiro atoms. The number of pyridine rings is 1. The summed E-state index contributed by atoms with van der Waals surface area (Å²) in [5, 5.41) is 7.07. The number of nitrogens with one attached hydrogen (secondary N) is 2. The number of halogens is 1. The van der Waals surface area contributed by atoms with Crippen LogP contribution < -0.4 is 20.4 Å². The zero-order chi connectivity index (χ0) is 20.8. The van der Waals surface area contributed by atoms with Crippen LogP contribution in [0.2, 0.25) is 0 Å².